The van der Waals surface area contributed by atoms with Gasteiger partial charge in [-0.15, -0.1) is 0 Å². The van der Waals surface area contributed by atoms with Crippen molar-refractivity contribution in [1.29, 1.82) is 0 Å². The standard InChI is InChI=1S/C17H11Br2ClFNO4.C17H12BrClFNO4/c1-3-24-14(23)8-25-13-7-12(18)15(19)17(16(13)21)26-11-5-9(20)4-10(6-11)22-2;1-3-23-15(22)9-24-14-5-4-13(18)17(16(14)20)25-12-7-10(19)6-11(8-12)21-2/h4-7H,3,8H2,1H3;4-8H,3,9H2,1H3. The minimum Gasteiger partial charge on any atom is -0.479 e. The van der Waals surface area contributed by atoms with E-state index in [9.17, 15) is 18.4 Å². The highest BCUT2D eigenvalue weighted by atomic mass is 79.9. The Morgan fingerprint density at radius 1 is 0.686 bits per heavy atom. The normalized spacial score (nSPS) is 10.1. The number of hydrogen-bond donors (Lipinski definition) is 0. The maximum atomic E-state index is 14.8. The molecule has 0 heterocycles. The predicted molar refractivity (Wildman–Crippen MR) is 196 cm³/mol. The molecule has 0 spiro atoms. The number of carbonyl (C=O) groups is 2. The second kappa shape index (κ2) is 20.1. The Hall–Kier alpha value is -4.12. The van der Waals surface area contributed by atoms with Crippen LogP contribution in [0, 0.1) is 24.8 Å². The third-order valence-electron chi connectivity index (χ3n) is 5.81. The van der Waals surface area contributed by atoms with Gasteiger partial charge in [0.2, 0.25) is 11.6 Å². The fourth-order valence-electron chi connectivity index (χ4n) is 3.73. The molecule has 0 aromatic heterocycles. The average molecular weight is 936 g/mol. The van der Waals surface area contributed by atoms with Crippen LogP contribution in [0.2, 0.25) is 10.0 Å². The van der Waals surface area contributed by atoms with E-state index >= 15 is 0 Å². The molecule has 0 aliphatic rings. The summed E-state index contributed by atoms with van der Waals surface area (Å²) < 4.78 is 61.3. The molecule has 0 atom stereocenters. The van der Waals surface area contributed by atoms with Crippen molar-refractivity contribution in [2.45, 2.75) is 13.8 Å². The third kappa shape index (κ3) is 12.3. The molecule has 4 aromatic carbocycles. The van der Waals surface area contributed by atoms with Gasteiger partial charge in [-0.2, -0.15) is 8.78 Å². The van der Waals surface area contributed by atoms with Crippen molar-refractivity contribution >= 4 is 94.3 Å². The van der Waals surface area contributed by atoms with Gasteiger partial charge in [-0.05, 0) is 116 Å². The summed E-state index contributed by atoms with van der Waals surface area (Å²) in [7, 11) is 0. The van der Waals surface area contributed by atoms with Crippen molar-refractivity contribution in [2.24, 2.45) is 0 Å². The Bertz CT molecular complexity index is 2010. The van der Waals surface area contributed by atoms with Crippen LogP contribution in [0.3, 0.4) is 0 Å². The highest BCUT2D eigenvalue weighted by Crippen LogP contribution is 2.43. The first-order chi connectivity index (χ1) is 24.3. The maximum Gasteiger partial charge on any atom is 0.344 e. The molecule has 17 heteroatoms. The molecule has 0 saturated carbocycles. The highest BCUT2D eigenvalue weighted by molar-refractivity contribution is 9.13. The van der Waals surface area contributed by atoms with Crippen molar-refractivity contribution in [1.82, 2.24) is 0 Å². The first kappa shape index (κ1) is 41.3. The van der Waals surface area contributed by atoms with Crippen molar-refractivity contribution in [2.75, 3.05) is 26.4 Å². The lowest BCUT2D eigenvalue weighted by molar-refractivity contribution is -0.146. The van der Waals surface area contributed by atoms with Crippen molar-refractivity contribution in [3.05, 3.63) is 113 Å². The number of esters is 2. The van der Waals surface area contributed by atoms with Crippen LogP contribution in [-0.4, -0.2) is 38.4 Å². The van der Waals surface area contributed by atoms with E-state index in [2.05, 4.69) is 57.5 Å². The lowest BCUT2D eigenvalue weighted by Gasteiger charge is -2.14. The molecule has 0 unspecified atom stereocenters. The van der Waals surface area contributed by atoms with Crippen LogP contribution in [0.1, 0.15) is 13.8 Å². The third-order valence-corrected chi connectivity index (χ3v) is 8.81. The van der Waals surface area contributed by atoms with Gasteiger partial charge in [-0.1, -0.05) is 23.2 Å². The summed E-state index contributed by atoms with van der Waals surface area (Å²) in [5.74, 6) is -3.19. The summed E-state index contributed by atoms with van der Waals surface area (Å²) in [5, 5.41) is 0.563. The van der Waals surface area contributed by atoms with Crippen LogP contribution < -0.4 is 18.9 Å². The minimum atomic E-state index is -0.825. The fourth-order valence-corrected chi connectivity index (χ4v) is 5.31. The van der Waals surface area contributed by atoms with Gasteiger partial charge < -0.3 is 28.4 Å². The van der Waals surface area contributed by atoms with Crippen LogP contribution in [0.25, 0.3) is 9.69 Å². The summed E-state index contributed by atoms with van der Waals surface area (Å²) >= 11 is 21.5. The molecule has 0 bridgehead atoms. The molecule has 0 aliphatic carbocycles. The number of hydrogen-bond acceptors (Lipinski definition) is 8. The van der Waals surface area contributed by atoms with Gasteiger partial charge in [-0.25, -0.2) is 19.3 Å². The molecule has 0 aliphatic heterocycles. The van der Waals surface area contributed by atoms with E-state index in [0.29, 0.717) is 13.4 Å². The second-order valence-corrected chi connectivity index (χ2v) is 12.8. The number of ether oxygens (including phenoxy) is 6. The van der Waals surface area contributed by atoms with E-state index in [1.54, 1.807) is 13.8 Å². The molecule has 4 aromatic rings. The van der Waals surface area contributed by atoms with E-state index in [1.165, 1.54) is 54.6 Å². The molecular weight excluding hydrogens is 913 g/mol. The van der Waals surface area contributed by atoms with Crippen LogP contribution in [-0.2, 0) is 19.1 Å². The summed E-state index contributed by atoms with van der Waals surface area (Å²) in [5.41, 5.74) is 0.506. The second-order valence-electron chi connectivity index (χ2n) is 9.41. The van der Waals surface area contributed by atoms with Crippen molar-refractivity contribution in [3.63, 3.8) is 0 Å². The van der Waals surface area contributed by atoms with E-state index in [4.69, 9.17) is 64.8 Å². The molecule has 0 N–H and O–H groups in total. The molecule has 51 heavy (non-hydrogen) atoms. The summed E-state index contributed by atoms with van der Waals surface area (Å²) in [6.45, 7) is 16.9. The Labute approximate surface area is 326 Å². The first-order valence-electron chi connectivity index (χ1n) is 14.2. The first-order valence-corrected chi connectivity index (χ1v) is 17.4. The zero-order valence-corrected chi connectivity index (χ0v) is 32.6. The summed E-state index contributed by atoms with van der Waals surface area (Å²) in [6.07, 6.45) is 0. The Morgan fingerprint density at radius 3 is 1.65 bits per heavy atom. The van der Waals surface area contributed by atoms with E-state index in [-0.39, 0.29) is 69.1 Å². The van der Waals surface area contributed by atoms with Crippen LogP contribution in [0.15, 0.2) is 68.0 Å². The van der Waals surface area contributed by atoms with E-state index < -0.39 is 36.8 Å². The maximum absolute atomic E-state index is 14.8. The van der Waals surface area contributed by atoms with Gasteiger partial charge in [-0.3, -0.25) is 0 Å². The monoisotopic (exact) mass is 932 g/mol. The quantitative estimate of drug-likeness (QED) is 0.0787. The zero-order valence-electron chi connectivity index (χ0n) is 26.3. The number of rotatable bonds is 12. The van der Waals surface area contributed by atoms with Crippen molar-refractivity contribution < 1.29 is 46.8 Å². The van der Waals surface area contributed by atoms with Gasteiger partial charge in [0.15, 0.2) is 47.6 Å². The van der Waals surface area contributed by atoms with E-state index in [0.717, 1.165) is 0 Å². The SMILES string of the molecule is [C-]#[N+]c1cc(Cl)cc(Oc2c(Br)ccc(OCC(=O)OCC)c2F)c1.[C-]#[N+]c1cc(Cl)cc(Oc2c(F)c(OCC(=O)OCC)cc(Br)c2Br)c1. The molecular formula is C34H23Br3Cl2F2N2O8. The van der Waals surface area contributed by atoms with E-state index in [1.807, 2.05) is 0 Å². The lowest BCUT2D eigenvalue weighted by atomic mass is 10.3. The van der Waals surface area contributed by atoms with Gasteiger partial charge in [0.05, 0.1) is 35.3 Å². The average Bonchev–Trinajstić information content (AvgIpc) is 3.09. The molecule has 10 nitrogen and oxygen atoms in total. The molecule has 0 radical (unpaired) electrons. The topological polar surface area (TPSA) is 98.2 Å². The molecule has 0 amide bonds. The fraction of sp³-hybridized carbons (Fsp3) is 0.176. The highest BCUT2D eigenvalue weighted by Gasteiger charge is 2.21. The predicted octanol–water partition coefficient (Wildman–Crippen LogP) is 11.8. The zero-order chi connectivity index (χ0) is 37.7. The smallest absolute Gasteiger partial charge is 0.344 e. The minimum absolute atomic E-state index is 0.153. The number of carbonyl (C=O) groups excluding carboxylic acids is 2. The number of nitrogens with zero attached hydrogens (tertiary/aromatic N) is 2. The molecule has 266 valence electrons. The largest absolute Gasteiger partial charge is 0.479 e. The van der Waals surface area contributed by atoms with Crippen LogP contribution >= 0.6 is 71.0 Å². The summed E-state index contributed by atoms with van der Waals surface area (Å²) in [6, 6.07) is 12.9. The van der Waals surface area contributed by atoms with Crippen LogP contribution in [0.4, 0.5) is 20.2 Å². The Kier molecular flexibility index (Phi) is 16.2. The van der Waals surface area contributed by atoms with Crippen molar-refractivity contribution in [3.8, 4) is 34.5 Å². The number of halogens is 7. The molecule has 0 saturated heterocycles. The van der Waals surface area contributed by atoms with Crippen LogP contribution in [0.5, 0.6) is 34.5 Å². The van der Waals surface area contributed by atoms with Gasteiger partial charge in [0.25, 0.3) is 0 Å². The molecule has 0 fully saturated rings. The van der Waals surface area contributed by atoms with Gasteiger partial charge in [0.1, 0.15) is 11.5 Å². The Morgan fingerprint density at radius 2 is 1.16 bits per heavy atom. The summed E-state index contributed by atoms with van der Waals surface area (Å²) in [4.78, 5) is 29.3. The Balaban J connectivity index is 0.000000276. The number of benzene rings is 4. The van der Waals surface area contributed by atoms with Gasteiger partial charge in [0, 0.05) is 14.5 Å². The molecule has 4 rings (SSSR count). The van der Waals surface area contributed by atoms with Gasteiger partial charge >= 0.3 is 11.9 Å². The lowest BCUT2D eigenvalue weighted by Crippen LogP contribution is -2.15.